The van der Waals surface area contributed by atoms with Crippen LogP contribution < -0.4 is 14.3 Å². The molecule has 29 heavy (non-hydrogen) atoms. The summed E-state index contributed by atoms with van der Waals surface area (Å²) in [6, 6.07) is 6.61. The molecule has 4 rings (SSSR count). The molecule has 1 aromatic heterocycles. The first-order valence-electron chi connectivity index (χ1n) is 9.41. The number of rotatable bonds is 5. The lowest BCUT2D eigenvalue weighted by atomic mass is 9.94. The van der Waals surface area contributed by atoms with E-state index < -0.39 is 10.1 Å². The Morgan fingerprint density at radius 1 is 1.24 bits per heavy atom. The first-order valence-corrected chi connectivity index (χ1v) is 11.2. The topological polar surface area (TPSA) is 93.1 Å². The van der Waals surface area contributed by atoms with Gasteiger partial charge in [0, 0.05) is 23.7 Å². The van der Waals surface area contributed by atoms with E-state index in [9.17, 15) is 13.2 Å². The summed E-state index contributed by atoms with van der Waals surface area (Å²) in [5.41, 5.74) is 3.08. The lowest BCUT2D eigenvalue weighted by Crippen LogP contribution is -2.34. The number of hydrogen-bond acceptors (Lipinski definition) is 7. The van der Waals surface area contributed by atoms with Crippen LogP contribution in [0.1, 0.15) is 11.1 Å². The first kappa shape index (κ1) is 19.9. The van der Waals surface area contributed by atoms with Crippen LogP contribution in [0.4, 0.5) is 0 Å². The van der Waals surface area contributed by atoms with Gasteiger partial charge in [-0.1, -0.05) is 0 Å². The highest BCUT2D eigenvalue weighted by Crippen LogP contribution is 2.35. The molecule has 0 amide bonds. The fourth-order valence-corrected chi connectivity index (χ4v) is 4.15. The predicted octanol–water partition coefficient (Wildman–Crippen LogP) is 1.51. The van der Waals surface area contributed by atoms with E-state index in [0.29, 0.717) is 50.8 Å². The number of ether oxygens (including phenoxy) is 3. The van der Waals surface area contributed by atoms with E-state index in [1.165, 1.54) is 6.07 Å². The fraction of sp³-hybridized carbons (Fsp3) is 0.450. The van der Waals surface area contributed by atoms with Gasteiger partial charge < -0.3 is 23.0 Å². The van der Waals surface area contributed by atoms with Gasteiger partial charge in [-0.05, 0) is 37.1 Å². The third-order valence-electron chi connectivity index (χ3n) is 5.00. The maximum Gasteiger partial charge on any atom is 0.306 e. The highest BCUT2D eigenvalue weighted by atomic mass is 32.2. The Balaban J connectivity index is 1.68. The van der Waals surface area contributed by atoms with Crippen molar-refractivity contribution in [2.45, 2.75) is 26.0 Å². The monoisotopic (exact) mass is 421 g/mol. The van der Waals surface area contributed by atoms with Crippen LogP contribution in [-0.4, -0.2) is 51.8 Å². The van der Waals surface area contributed by atoms with Gasteiger partial charge >= 0.3 is 10.1 Å². The molecule has 3 heterocycles. The van der Waals surface area contributed by atoms with Crippen molar-refractivity contribution in [3.63, 3.8) is 0 Å². The number of pyridine rings is 1. The molecule has 0 saturated carbocycles. The molecule has 0 unspecified atom stereocenters. The summed E-state index contributed by atoms with van der Waals surface area (Å²) in [7, 11) is -3.60. The average Bonchev–Trinajstić information content (AvgIpc) is 2.68. The zero-order valence-corrected chi connectivity index (χ0v) is 17.2. The van der Waals surface area contributed by atoms with Crippen LogP contribution in [-0.2, 0) is 32.6 Å². The number of fused-ring (bicyclic) bond motifs is 3. The van der Waals surface area contributed by atoms with Crippen LogP contribution in [0, 0.1) is 6.92 Å². The quantitative estimate of drug-likeness (QED) is 0.676. The van der Waals surface area contributed by atoms with Crippen molar-refractivity contribution in [1.82, 2.24) is 4.57 Å². The summed E-state index contributed by atoms with van der Waals surface area (Å²) < 4.78 is 46.7. The zero-order chi connectivity index (χ0) is 20.6. The second-order valence-electron chi connectivity index (χ2n) is 7.21. The fourth-order valence-electron chi connectivity index (χ4n) is 3.69. The standard InChI is InChI=1S/C20H23NO7S/c1-13-18(22)10-19(27-12-16-11-25-7-8-26-16)21-6-5-14-9-15(28-29(2,23)24)3-4-17(14)20(13)21/h3-4,9-10,16H,5-8,11-12H2,1-2H3/t16-/m0/s1. The third-order valence-corrected chi connectivity index (χ3v) is 5.50. The summed E-state index contributed by atoms with van der Waals surface area (Å²) >= 11 is 0. The smallest absolute Gasteiger partial charge is 0.306 e. The highest BCUT2D eigenvalue weighted by Gasteiger charge is 2.24. The minimum atomic E-state index is -3.60. The lowest BCUT2D eigenvalue weighted by molar-refractivity contribution is -0.102. The van der Waals surface area contributed by atoms with E-state index in [1.54, 1.807) is 25.1 Å². The second-order valence-corrected chi connectivity index (χ2v) is 8.78. The summed E-state index contributed by atoms with van der Waals surface area (Å²) in [5.74, 6) is 0.758. The number of nitrogens with zero attached hydrogens (tertiary/aromatic N) is 1. The summed E-state index contributed by atoms with van der Waals surface area (Å²) in [4.78, 5) is 12.6. The van der Waals surface area contributed by atoms with Gasteiger partial charge in [0.2, 0.25) is 0 Å². The SMILES string of the molecule is Cc1c2n(c(OC[C@@H]3COCCO3)cc1=O)CCc1cc(OS(C)(=O)=O)ccc1-2. The summed E-state index contributed by atoms with van der Waals surface area (Å²) in [5, 5.41) is 0. The van der Waals surface area contributed by atoms with Gasteiger partial charge in [0.25, 0.3) is 0 Å². The van der Waals surface area contributed by atoms with Crippen molar-refractivity contribution in [1.29, 1.82) is 0 Å². The molecule has 1 saturated heterocycles. The van der Waals surface area contributed by atoms with Crippen LogP contribution in [0.2, 0.25) is 0 Å². The molecule has 2 aromatic rings. The molecule has 1 atom stereocenters. The summed E-state index contributed by atoms with van der Waals surface area (Å²) in [6.07, 6.45) is 1.50. The van der Waals surface area contributed by atoms with Gasteiger partial charge in [-0.2, -0.15) is 8.42 Å². The molecule has 9 heteroatoms. The number of hydrogen-bond donors (Lipinski definition) is 0. The molecule has 0 bridgehead atoms. The Bertz CT molecular complexity index is 1080. The number of aryl methyl sites for hydroxylation is 1. The van der Waals surface area contributed by atoms with Gasteiger partial charge in [-0.3, -0.25) is 4.79 Å². The van der Waals surface area contributed by atoms with Crippen molar-refractivity contribution in [2.24, 2.45) is 0 Å². The van der Waals surface area contributed by atoms with E-state index >= 15 is 0 Å². The Hall–Kier alpha value is -2.36. The largest absolute Gasteiger partial charge is 0.476 e. The second kappa shape index (κ2) is 7.81. The molecule has 0 radical (unpaired) electrons. The average molecular weight is 421 g/mol. The molecular weight excluding hydrogens is 398 g/mol. The molecule has 0 aliphatic carbocycles. The molecule has 0 N–H and O–H groups in total. The van der Waals surface area contributed by atoms with Crippen molar-refractivity contribution >= 4 is 10.1 Å². The molecule has 2 aliphatic rings. The maximum atomic E-state index is 12.6. The van der Waals surface area contributed by atoms with Crippen LogP contribution in [0.5, 0.6) is 11.6 Å². The minimum Gasteiger partial charge on any atom is -0.476 e. The lowest BCUT2D eigenvalue weighted by Gasteiger charge is -2.28. The molecule has 0 spiro atoms. The number of benzene rings is 1. The minimum absolute atomic E-state index is 0.114. The zero-order valence-electron chi connectivity index (χ0n) is 16.3. The Labute approximate surface area is 169 Å². The van der Waals surface area contributed by atoms with E-state index in [2.05, 4.69) is 0 Å². The van der Waals surface area contributed by atoms with Gasteiger partial charge in [0.05, 0.1) is 31.8 Å². The first-order chi connectivity index (χ1) is 13.8. The Morgan fingerprint density at radius 2 is 2.07 bits per heavy atom. The molecule has 1 fully saturated rings. The van der Waals surface area contributed by atoms with Crippen molar-refractivity contribution in [3.8, 4) is 22.9 Å². The molecule has 2 aliphatic heterocycles. The van der Waals surface area contributed by atoms with Gasteiger partial charge in [-0.15, -0.1) is 0 Å². The Morgan fingerprint density at radius 3 is 2.79 bits per heavy atom. The number of aromatic nitrogens is 1. The molecule has 8 nitrogen and oxygen atoms in total. The highest BCUT2D eigenvalue weighted by molar-refractivity contribution is 7.86. The van der Waals surface area contributed by atoms with Crippen molar-refractivity contribution in [3.05, 3.63) is 45.6 Å². The molecular formula is C20H23NO7S. The maximum absolute atomic E-state index is 12.6. The van der Waals surface area contributed by atoms with Crippen molar-refractivity contribution in [2.75, 3.05) is 32.7 Å². The van der Waals surface area contributed by atoms with E-state index in [0.717, 1.165) is 23.1 Å². The molecule has 156 valence electrons. The van der Waals surface area contributed by atoms with E-state index in [-0.39, 0.29) is 17.3 Å². The van der Waals surface area contributed by atoms with Crippen LogP contribution >= 0.6 is 0 Å². The van der Waals surface area contributed by atoms with E-state index in [1.807, 2.05) is 4.57 Å². The van der Waals surface area contributed by atoms with Crippen molar-refractivity contribution < 1.29 is 26.8 Å². The van der Waals surface area contributed by atoms with Crippen LogP contribution in [0.25, 0.3) is 11.3 Å². The van der Waals surface area contributed by atoms with Crippen LogP contribution in [0.15, 0.2) is 29.1 Å². The van der Waals surface area contributed by atoms with Gasteiger partial charge in [0.1, 0.15) is 18.5 Å². The third kappa shape index (κ3) is 4.31. The van der Waals surface area contributed by atoms with Gasteiger partial charge in [-0.25, -0.2) is 0 Å². The van der Waals surface area contributed by atoms with E-state index in [4.69, 9.17) is 18.4 Å². The van der Waals surface area contributed by atoms with Gasteiger partial charge in [0.15, 0.2) is 11.3 Å². The van der Waals surface area contributed by atoms with Crippen LogP contribution in [0.3, 0.4) is 0 Å². The normalized spacial score (nSPS) is 18.6. The molecule has 1 aromatic carbocycles. The summed E-state index contributed by atoms with van der Waals surface area (Å²) in [6.45, 7) is 4.27. The Kier molecular flexibility index (Phi) is 5.37. The predicted molar refractivity (Wildman–Crippen MR) is 106 cm³/mol.